The number of aliphatic hydroxyl groups excluding tert-OH is 1. The van der Waals surface area contributed by atoms with Gasteiger partial charge >= 0.3 is 0 Å². The van der Waals surface area contributed by atoms with E-state index in [1.165, 1.54) is 16.6 Å². The minimum absolute atomic E-state index is 0.00514. The van der Waals surface area contributed by atoms with Crippen LogP contribution in [0.1, 0.15) is 13.3 Å². The highest BCUT2D eigenvalue weighted by Gasteiger charge is 2.39. The maximum atomic E-state index is 12.5. The van der Waals surface area contributed by atoms with Gasteiger partial charge in [-0.05, 0) is 18.4 Å². The Morgan fingerprint density at radius 1 is 1.53 bits per heavy atom. The number of hydrogen-bond donors (Lipinski definition) is 1. The molecule has 8 heteroatoms. The van der Waals surface area contributed by atoms with Crippen LogP contribution in [-0.4, -0.2) is 42.0 Å². The number of hydrogen-bond acceptors (Lipinski definition) is 4. The van der Waals surface area contributed by atoms with Gasteiger partial charge in [-0.1, -0.05) is 30.1 Å². The van der Waals surface area contributed by atoms with Gasteiger partial charge in [-0.15, -0.1) is 0 Å². The molecule has 2 rings (SSSR count). The van der Waals surface area contributed by atoms with E-state index < -0.39 is 16.1 Å². The molecule has 0 bridgehead atoms. The van der Waals surface area contributed by atoms with Crippen LogP contribution in [-0.2, 0) is 10.0 Å². The molecular weight excluding hydrogens is 311 g/mol. The second kappa shape index (κ2) is 5.54. The van der Waals surface area contributed by atoms with Gasteiger partial charge in [0, 0.05) is 12.7 Å². The summed E-state index contributed by atoms with van der Waals surface area (Å²) in [5, 5.41) is 9.50. The third kappa shape index (κ3) is 2.73. The molecule has 0 saturated carbocycles. The molecule has 0 radical (unpaired) electrons. The maximum Gasteiger partial charge on any atom is 0.245 e. The molecule has 0 aliphatic carbocycles. The monoisotopic (exact) mass is 324 g/mol. The van der Waals surface area contributed by atoms with Crippen LogP contribution in [0.4, 0.5) is 0 Å². The average Bonchev–Trinajstić information content (AvgIpc) is 2.74. The van der Waals surface area contributed by atoms with Gasteiger partial charge in [0.05, 0.1) is 17.7 Å². The molecule has 1 aromatic rings. The Balaban J connectivity index is 2.39. The zero-order valence-electron chi connectivity index (χ0n) is 10.3. The van der Waals surface area contributed by atoms with Gasteiger partial charge in [0.2, 0.25) is 10.0 Å². The van der Waals surface area contributed by atoms with E-state index in [9.17, 15) is 13.5 Å². The lowest BCUT2D eigenvalue weighted by Crippen LogP contribution is -2.39. The Morgan fingerprint density at radius 2 is 2.21 bits per heavy atom. The molecule has 0 spiro atoms. The molecule has 1 fully saturated rings. The number of aliphatic hydroxyl groups is 1. The summed E-state index contributed by atoms with van der Waals surface area (Å²) >= 11 is 11.5. The predicted molar refractivity (Wildman–Crippen MR) is 72.8 cm³/mol. The van der Waals surface area contributed by atoms with E-state index in [0.717, 1.165) is 6.42 Å². The maximum absolute atomic E-state index is 12.5. The topological polar surface area (TPSA) is 70.5 Å². The molecular formula is C11H14Cl2N2O3S. The minimum Gasteiger partial charge on any atom is -0.395 e. The molecule has 1 aliphatic heterocycles. The number of aromatic nitrogens is 1. The minimum atomic E-state index is -3.70. The molecule has 1 aromatic heterocycles. The number of halogens is 2. The van der Waals surface area contributed by atoms with E-state index in [-0.39, 0.29) is 27.6 Å². The zero-order valence-corrected chi connectivity index (χ0v) is 12.6. The predicted octanol–water partition coefficient (Wildman–Crippen LogP) is 1.78. The molecule has 2 heterocycles. The van der Waals surface area contributed by atoms with E-state index in [1.807, 2.05) is 6.92 Å². The first-order chi connectivity index (χ1) is 8.87. The van der Waals surface area contributed by atoms with Crippen molar-refractivity contribution in [1.29, 1.82) is 0 Å². The van der Waals surface area contributed by atoms with Gasteiger partial charge in [-0.3, -0.25) is 0 Å². The highest BCUT2D eigenvalue weighted by molar-refractivity contribution is 7.89. The van der Waals surface area contributed by atoms with Crippen LogP contribution in [0.3, 0.4) is 0 Å². The van der Waals surface area contributed by atoms with E-state index in [0.29, 0.717) is 6.54 Å². The van der Waals surface area contributed by atoms with Gasteiger partial charge in [0.15, 0.2) is 0 Å². The van der Waals surface area contributed by atoms with E-state index in [2.05, 4.69) is 4.98 Å². The molecule has 0 aromatic carbocycles. The summed E-state index contributed by atoms with van der Waals surface area (Å²) in [6.45, 7) is 2.10. The molecule has 2 atom stereocenters. The summed E-state index contributed by atoms with van der Waals surface area (Å²) in [7, 11) is -3.70. The lowest BCUT2D eigenvalue weighted by molar-refractivity contribution is 0.191. The standard InChI is InChI=1S/C11H14Cl2N2O3S/c1-7-2-3-15(10(7)6-16)19(17,18)8-4-9(12)11(13)14-5-8/h4-5,7,10,16H,2-3,6H2,1H3. The Labute approximate surface area is 122 Å². The third-order valence-corrected chi connectivity index (χ3v) is 5.97. The van der Waals surface area contributed by atoms with Crippen molar-refractivity contribution in [3.05, 3.63) is 22.4 Å². The highest BCUT2D eigenvalue weighted by atomic mass is 35.5. The second-order valence-electron chi connectivity index (χ2n) is 4.58. The van der Waals surface area contributed by atoms with E-state index in [4.69, 9.17) is 23.2 Å². The van der Waals surface area contributed by atoms with Crippen molar-refractivity contribution >= 4 is 33.2 Å². The van der Waals surface area contributed by atoms with Gasteiger partial charge in [0.25, 0.3) is 0 Å². The first-order valence-corrected chi connectivity index (χ1v) is 8.01. The summed E-state index contributed by atoms with van der Waals surface area (Å²) in [6, 6.07) is 0.878. The van der Waals surface area contributed by atoms with Crippen molar-refractivity contribution in [2.45, 2.75) is 24.3 Å². The average molecular weight is 325 g/mol. The highest BCUT2D eigenvalue weighted by Crippen LogP contribution is 2.31. The molecule has 2 unspecified atom stereocenters. The molecule has 106 valence electrons. The van der Waals surface area contributed by atoms with Gasteiger partial charge in [-0.2, -0.15) is 4.31 Å². The third-order valence-electron chi connectivity index (χ3n) is 3.40. The van der Waals surface area contributed by atoms with Crippen LogP contribution in [0.15, 0.2) is 17.2 Å². The van der Waals surface area contributed by atoms with Crippen molar-refractivity contribution in [2.75, 3.05) is 13.2 Å². The fraction of sp³-hybridized carbons (Fsp3) is 0.545. The fourth-order valence-corrected chi connectivity index (χ4v) is 4.26. The van der Waals surface area contributed by atoms with Crippen molar-refractivity contribution in [3.63, 3.8) is 0 Å². The first-order valence-electron chi connectivity index (χ1n) is 5.81. The zero-order chi connectivity index (χ0) is 14.2. The Kier molecular flexibility index (Phi) is 4.37. The largest absolute Gasteiger partial charge is 0.395 e. The quantitative estimate of drug-likeness (QED) is 0.860. The molecule has 5 nitrogen and oxygen atoms in total. The summed E-state index contributed by atoms with van der Waals surface area (Å²) < 4.78 is 26.3. The van der Waals surface area contributed by atoms with Crippen LogP contribution in [0, 0.1) is 5.92 Å². The van der Waals surface area contributed by atoms with Crippen LogP contribution < -0.4 is 0 Å². The Morgan fingerprint density at radius 3 is 2.79 bits per heavy atom. The summed E-state index contributed by atoms with van der Waals surface area (Å²) in [6.07, 6.45) is 1.90. The van der Waals surface area contributed by atoms with Crippen molar-refractivity contribution in [3.8, 4) is 0 Å². The van der Waals surface area contributed by atoms with Crippen molar-refractivity contribution in [1.82, 2.24) is 9.29 Å². The van der Waals surface area contributed by atoms with Crippen molar-refractivity contribution in [2.24, 2.45) is 5.92 Å². The molecule has 1 aliphatic rings. The fourth-order valence-electron chi connectivity index (χ4n) is 2.22. The molecule has 19 heavy (non-hydrogen) atoms. The molecule has 1 saturated heterocycles. The van der Waals surface area contributed by atoms with E-state index in [1.54, 1.807) is 0 Å². The smallest absolute Gasteiger partial charge is 0.245 e. The number of sulfonamides is 1. The summed E-state index contributed by atoms with van der Waals surface area (Å²) in [5.74, 6) is 0.121. The van der Waals surface area contributed by atoms with Gasteiger partial charge in [0.1, 0.15) is 10.0 Å². The second-order valence-corrected chi connectivity index (χ2v) is 7.23. The van der Waals surface area contributed by atoms with Crippen LogP contribution >= 0.6 is 23.2 Å². The van der Waals surface area contributed by atoms with Gasteiger partial charge < -0.3 is 5.11 Å². The molecule has 0 amide bonds. The Hall–Kier alpha value is -0.400. The number of pyridine rings is 1. The van der Waals surface area contributed by atoms with Gasteiger partial charge in [-0.25, -0.2) is 13.4 Å². The summed E-state index contributed by atoms with van der Waals surface area (Å²) in [5.41, 5.74) is 0. The molecule has 1 N–H and O–H groups in total. The Bertz CT molecular complexity index is 579. The van der Waals surface area contributed by atoms with Crippen molar-refractivity contribution < 1.29 is 13.5 Å². The SMILES string of the molecule is CC1CCN(S(=O)(=O)c2cnc(Cl)c(Cl)c2)C1CO. The van der Waals surface area contributed by atoms with E-state index >= 15 is 0 Å². The van der Waals surface area contributed by atoms with Crippen LogP contribution in [0.5, 0.6) is 0 Å². The lowest BCUT2D eigenvalue weighted by atomic mass is 10.0. The lowest BCUT2D eigenvalue weighted by Gasteiger charge is -2.24. The summed E-state index contributed by atoms with van der Waals surface area (Å²) in [4.78, 5) is 3.75. The first kappa shape index (κ1) is 15.0. The normalized spacial score (nSPS) is 24.8. The number of nitrogens with zero attached hydrogens (tertiary/aromatic N) is 2. The van der Waals surface area contributed by atoms with Crippen LogP contribution in [0.2, 0.25) is 10.2 Å². The number of rotatable bonds is 3. The van der Waals surface area contributed by atoms with Crippen LogP contribution in [0.25, 0.3) is 0 Å².